The van der Waals surface area contributed by atoms with E-state index in [2.05, 4.69) is 104 Å². The fourth-order valence-electron chi connectivity index (χ4n) is 4.56. The number of rotatable bonds is 2. The van der Waals surface area contributed by atoms with Crippen LogP contribution in [0.4, 0.5) is 0 Å². The summed E-state index contributed by atoms with van der Waals surface area (Å²) in [5.74, 6) is 0. The van der Waals surface area contributed by atoms with E-state index in [9.17, 15) is 0 Å². The number of fused-ring (bicyclic) bond motifs is 2. The molecular weight excluding hydrogens is 427 g/mol. The van der Waals surface area contributed by atoms with Gasteiger partial charge in [-0.3, -0.25) is 0 Å². The molecular formula is C25H25I. The Morgan fingerprint density at radius 3 is 2.73 bits per heavy atom. The Labute approximate surface area is 170 Å². The first-order valence-corrected chi connectivity index (χ1v) is 11.0. The Morgan fingerprint density at radius 2 is 1.96 bits per heavy atom. The monoisotopic (exact) mass is 452 g/mol. The molecule has 2 aliphatic rings. The number of aryl methyl sites for hydroxylation is 1. The highest BCUT2D eigenvalue weighted by Gasteiger charge is 2.37. The molecule has 0 unspecified atom stereocenters. The number of hydrogen-bond donors (Lipinski definition) is 0. The van der Waals surface area contributed by atoms with E-state index >= 15 is 0 Å². The zero-order valence-corrected chi connectivity index (χ0v) is 17.9. The smallest absolute Gasteiger partial charge is 0.0182 e. The lowest BCUT2D eigenvalue weighted by atomic mass is 9.81. The lowest BCUT2D eigenvalue weighted by molar-refractivity contribution is 0.660. The molecule has 2 aromatic rings. The van der Waals surface area contributed by atoms with Gasteiger partial charge in [0.1, 0.15) is 0 Å². The van der Waals surface area contributed by atoms with Gasteiger partial charge >= 0.3 is 0 Å². The number of halogens is 1. The summed E-state index contributed by atoms with van der Waals surface area (Å²) in [4.78, 5) is 0. The van der Waals surface area contributed by atoms with Gasteiger partial charge in [-0.2, -0.15) is 0 Å². The third kappa shape index (κ3) is 2.72. The van der Waals surface area contributed by atoms with E-state index in [1.54, 1.807) is 0 Å². The molecule has 0 spiro atoms. The van der Waals surface area contributed by atoms with Crippen molar-refractivity contribution in [2.45, 2.75) is 39.0 Å². The molecule has 0 nitrogen and oxygen atoms in total. The molecule has 26 heavy (non-hydrogen) atoms. The van der Waals surface area contributed by atoms with Crippen LogP contribution in [0.15, 0.2) is 60.2 Å². The molecule has 4 rings (SSSR count). The van der Waals surface area contributed by atoms with E-state index in [4.69, 9.17) is 0 Å². The highest BCUT2D eigenvalue weighted by Crippen LogP contribution is 2.50. The predicted molar refractivity (Wildman–Crippen MR) is 123 cm³/mol. The highest BCUT2D eigenvalue weighted by molar-refractivity contribution is 14.1. The van der Waals surface area contributed by atoms with Gasteiger partial charge in [0.05, 0.1) is 0 Å². The molecule has 0 aromatic heterocycles. The predicted octanol–water partition coefficient (Wildman–Crippen LogP) is 7.37. The maximum absolute atomic E-state index is 2.45. The highest BCUT2D eigenvalue weighted by atomic mass is 127. The topological polar surface area (TPSA) is 0 Å². The minimum absolute atomic E-state index is 0.0586. The summed E-state index contributed by atoms with van der Waals surface area (Å²) in [6, 6.07) is 13.8. The number of allylic oxidation sites excluding steroid dienone is 5. The van der Waals surface area contributed by atoms with Crippen molar-refractivity contribution in [3.8, 4) is 11.1 Å². The van der Waals surface area contributed by atoms with Crippen LogP contribution in [-0.2, 0) is 11.8 Å². The average molecular weight is 452 g/mol. The minimum Gasteiger partial charge on any atom is -0.0836 e. The first-order chi connectivity index (χ1) is 12.6. The van der Waals surface area contributed by atoms with Crippen LogP contribution in [0.2, 0.25) is 0 Å². The lowest BCUT2D eigenvalue weighted by Crippen LogP contribution is -2.15. The van der Waals surface area contributed by atoms with E-state index in [0.29, 0.717) is 0 Å². The van der Waals surface area contributed by atoms with Gasteiger partial charge in [0, 0.05) is 9.84 Å². The van der Waals surface area contributed by atoms with E-state index in [-0.39, 0.29) is 5.41 Å². The Kier molecular flexibility index (Phi) is 4.68. The number of benzene rings is 2. The van der Waals surface area contributed by atoms with Crippen molar-refractivity contribution in [3.63, 3.8) is 0 Å². The zero-order valence-electron chi connectivity index (χ0n) is 15.8. The van der Waals surface area contributed by atoms with Crippen molar-refractivity contribution >= 4 is 34.2 Å². The van der Waals surface area contributed by atoms with E-state index in [0.717, 1.165) is 17.3 Å². The van der Waals surface area contributed by atoms with Crippen LogP contribution in [0.1, 0.15) is 49.4 Å². The molecule has 0 fully saturated rings. The molecule has 0 saturated heterocycles. The first-order valence-electron chi connectivity index (χ1n) is 9.45. The van der Waals surface area contributed by atoms with Crippen LogP contribution in [0, 0.1) is 0 Å². The largest absolute Gasteiger partial charge is 0.0836 e. The average Bonchev–Trinajstić information content (AvgIpc) is 2.88. The van der Waals surface area contributed by atoms with Crippen molar-refractivity contribution in [1.82, 2.24) is 0 Å². The molecule has 0 radical (unpaired) electrons. The lowest BCUT2D eigenvalue weighted by Gasteiger charge is -2.23. The summed E-state index contributed by atoms with van der Waals surface area (Å²) < 4.78 is 1.05. The van der Waals surface area contributed by atoms with Crippen LogP contribution in [0.25, 0.3) is 22.8 Å². The second kappa shape index (κ2) is 6.84. The van der Waals surface area contributed by atoms with Crippen molar-refractivity contribution < 1.29 is 0 Å². The van der Waals surface area contributed by atoms with Crippen LogP contribution < -0.4 is 0 Å². The molecule has 0 heterocycles. The van der Waals surface area contributed by atoms with Gasteiger partial charge < -0.3 is 0 Å². The molecule has 2 aliphatic carbocycles. The van der Waals surface area contributed by atoms with Crippen molar-refractivity contribution in [1.29, 1.82) is 0 Å². The molecule has 2 aromatic carbocycles. The van der Waals surface area contributed by atoms with E-state index in [1.807, 2.05) is 0 Å². The molecule has 0 N–H and O–H groups in total. The third-order valence-electron chi connectivity index (χ3n) is 5.89. The minimum atomic E-state index is 0.0586. The van der Waals surface area contributed by atoms with Crippen LogP contribution in [0.5, 0.6) is 0 Å². The van der Waals surface area contributed by atoms with E-state index < -0.39 is 0 Å². The van der Waals surface area contributed by atoms with Gasteiger partial charge in [-0.05, 0) is 70.4 Å². The maximum Gasteiger partial charge on any atom is 0.0182 e. The molecule has 132 valence electrons. The van der Waals surface area contributed by atoms with Crippen LogP contribution in [-0.4, -0.2) is 4.43 Å². The normalized spacial score (nSPS) is 20.5. The summed E-state index contributed by atoms with van der Waals surface area (Å²) in [5, 5.41) is 0. The van der Waals surface area contributed by atoms with Gasteiger partial charge in [-0.25, -0.2) is 0 Å². The Hall–Kier alpha value is -1.61. The van der Waals surface area contributed by atoms with Crippen LogP contribution in [0.3, 0.4) is 0 Å². The van der Waals surface area contributed by atoms with Crippen molar-refractivity contribution in [2.24, 2.45) is 0 Å². The molecule has 0 atom stereocenters. The van der Waals surface area contributed by atoms with Crippen LogP contribution >= 0.6 is 22.6 Å². The van der Waals surface area contributed by atoms with Gasteiger partial charge in [0.15, 0.2) is 0 Å². The molecule has 0 amide bonds. The molecule has 1 heteroatoms. The van der Waals surface area contributed by atoms with E-state index in [1.165, 1.54) is 44.5 Å². The summed E-state index contributed by atoms with van der Waals surface area (Å²) in [6.45, 7) is 6.89. The Bertz CT molecular complexity index is 954. The van der Waals surface area contributed by atoms with Gasteiger partial charge in [-0.15, -0.1) is 0 Å². The fraction of sp³-hybridized carbons (Fsp3) is 0.280. The Morgan fingerprint density at radius 1 is 1.12 bits per heavy atom. The van der Waals surface area contributed by atoms with Gasteiger partial charge in [0.2, 0.25) is 0 Å². The zero-order chi connectivity index (χ0) is 18.3. The van der Waals surface area contributed by atoms with Gasteiger partial charge in [-0.1, -0.05) is 91.1 Å². The SMILES string of the molecule is CC=C1/C(=C\CI)C(C)(C)c2cc(-c3cccc4c3C=CCC4)ccc21. The van der Waals surface area contributed by atoms with Crippen molar-refractivity contribution in [2.75, 3.05) is 4.43 Å². The summed E-state index contributed by atoms with van der Waals surface area (Å²) >= 11 is 2.45. The molecule has 0 bridgehead atoms. The Balaban J connectivity index is 1.90. The second-order valence-electron chi connectivity index (χ2n) is 7.68. The standard InChI is InChI=1S/C25H25I/c1-4-19-22-13-12-18(16-24(22)25(2,3)23(19)14-15-26)21-11-7-9-17-8-5-6-10-20(17)21/h4,6-7,9-14,16H,5,8,15H2,1-3H3/b19-4?,23-14+. The summed E-state index contributed by atoms with van der Waals surface area (Å²) in [6.07, 6.45) is 11.6. The van der Waals surface area contributed by atoms with Crippen molar-refractivity contribution in [3.05, 3.63) is 82.5 Å². The third-order valence-corrected chi connectivity index (χ3v) is 6.33. The van der Waals surface area contributed by atoms with Gasteiger partial charge in [0.25, 0.3) is 0 Å². The maximum atomic E-state index is 2.45. The summed E-state index contributed by atoms with van der Waals surface area (Å²) in [7, 11) is 0. The molecule has 0 saturated carbocycles. The quantitative estimate of drug-likeness (QED) is 0.330. The molecule has 0 aliphatic heterocycles. The summed E-state index contributed by atoms with van der Waals surface area (Å²) in [5.41, 5.74) is 11.4. The second-order valence-corrected chi connectivity index (χ2v) is 8.56. The first kappa shape index (κ1) is 17.8. The number of alkyl halides is 1. The fourth-order valence-corrected chi connectivity index (χ4v) is 5.00. The number of hydrogen-bond acceptors (Lipinski definition) is 0.